The van der Waals surface area contributed by atoms with E-state index in [1.807, 2.05) is 0 Å². The number of aliphatic carboxylic acids is 1. The van der Waals surface area contributed by atoms with Gasteiger partial charge in [0.05, 0.1) is 12.3 Å². The van der Waals surface area contributed by atoms with Crippen LogP contribution in [0.25, 0.3) is 0 Å². The van der Waals surface area contributed by atoms with Gasteiger partial charge in [-0.3, -0.25) is 4.79 Å². The molecule has 0 aliphatic heterocycles. The van der Waals surface area contributed by atoms with E-state index in [1.165, 1.54) is 37.4 Å². The van der Waals surface area contributed by atoms with Gasteiger partial charge in [0, 0.05) is 0 Å². The van der Waals surface area contributed by atoms with Gasteiger partial charge >= 0.3 is 5.97 Å². The lowest BCUT2D eigenvalue weighted by molar-refractivity contribution is -0.133. The third-order valence-corrected chi connectivity index (χ3v) is 4.57. The number of aromatic nitrogens is 4. The van der Waals surface area contributed by atoms with E-state index < -0.39 is 5.97 Å². The van der Waals surface area contributed by atoms with Crippen LogP contribution in [0.2, 0.25) is 0 Å². The van der Waals surface area contributed by atoms with Gasteiger partial charge in [-0.05, 0) is 47.4 Å². The summed E-state index contributed by atoms with van der Waals surface area (Å²) in [5.74, 6) is 0.0217. The molecule has 3 rings (SSSR count). The van der Waals surface area contributed by atoms with E-state index in [0.717, 1.165) is 12.5 Å². The Bertz CT molecular complexity index is 439. The summed E-state index contributed by atoms with van der Waals surface area (Å²) in [5, 5.41) is 20.8. The molecule has 2 saturated carbocycles. The van der Waals surface area contributed by atoms with Gasteiger partial charge in [-0.2, -0.15) is 0 Å². The normalized spacial score (nSPS) is 21.4. The quantitative estimate of drug-likeness (QED) is 0.764. The second-order valence-electron chi connectivity index (χ2n) is 4.94. The molecule has 0 atom stereocenters. The van der Waals surface area contributed by atoms with Gasteiger partial charge in [-0.15, -0.1) is 5.10 Å². The fourth-order valence-corrected chi connectivity index (χ4v) is 2.97. The topological polar surface area (TPSA) is 80.9 Å². The van der Waals surface area contributed by atoms with Crippen molar-refractivity contribution in [1.82, 2.24) is 20.2 Å². The van der Waals surface area contributed by atoms with E-state index in [-0.39, 0.29) is 5.75 Å². The monoisotopic (exact) mass is 254 g/mol. The molecule has 1 heterocycles. The number of nitrogens with zero attached hydrogens (tertiary/aromatic N) is 4. The van der Waals surface area contributed by atoms with Crippen LogP contribution in [-0.4, -0.2) is 37.0 Å². The molecule has 0 bridgehead atoms. The van der Waals surface area contributed by atoms with Crippen molar-refractivity contribution in [2.24, 2.45) is 11.3 Å². The third kappa shape index (κ3) is 2.29. The SMILES string of the molecule is O=C(O)CSc1nnnn1CC1(C2CC2)CC1. The van der Waals surface area contributed by atoms with Crippen molar-refractivity contribution < 1.29 is 9.90 Å². The Hall–Kier alpha value is -1.11. The Kier molecular flexibility index (Phi) is 2.57. The van der Waals surface area contributed by atoms with Gasteiger partial charge in [0.15, 0.2) is 0 Å². The molecule has 0 saturated heterocycles. The zero-order valence-corrected chi connectivity index (χ0v) is 10.2. The van der Waals surface area contributed by atoms with Gasteiger partial charge in [-0.1, -0.05) is 11.8 Å². The highest BCUT2D eigenvalue weighted by atomic mass is 32.2. The lowest BCUT2D eigenvalue weighted by atomic mass is 10.0. The Morgan fingerprint density at radius 2 is 2.29 bits per heavy atom. The van der Waals surface area contributed by atoms with Crippen LogP contribution in [0.5, 0.6) is 0 Å². The molecule has 7 heteroatoms. The van der Waals surface area contributed by atoms with Crippen LogP contribution in [0, 0.1) is 11.3 Å². The Labute approximate surface area is 103 Å². The van der Waals surface area contributed by atoms with E-state index in [9.17, 15) is 4.79 Å². The standard InChI is InChI=1S/C10H14N4O2S/c15-8(16)5-17-9-11-12-13-14(9)6-10(3-4-10)7-1-2-7/h7H,1-6H2,(H,15,16). The molecule has 0 radical (unpaired) electrons. The number of tetrazole rings is 1. The number of hydrogen-bond donors (Lipinski definition) is 1. The van der Waals surface area contributed by atoms with E-state index in [1.54, 1.807) is 4.68 Å². The van der Waals surface area contributed by atoms with Gasteiger partial charge in [0.1, 0.15) is 0 Å². The van der Waals surface area contributed by atoms with Crippen molar-refractivity contribution >= 4 is 17.7 Å². The van der Waals surface area contributed by atoms with Crippen LogP contribution < -0.4 is 0 Å². The van der Waals surface area contributed by atoms with Crippen molar-refractivity contribution in [2.75, 3.05) is 5.75 Å². The van der Waals surface area contributed by atoms with Gasteiger partial charge < -0.3 is 5.11 Å². The first kappa shape index (κ1) is 11.0. The third-order valence-electron chi connectivity index (χ3n) is 3.62. The smallest absolute Gasteiger partial charge is 0.313 e. The van der Waals surface area contributed by atoms with E-state index >= 15 is 0 Å². The van der Waals surface area contributed by atoms with Gasteiger partial charge in [0.2, 0.25) is 5.16 Å². The molecule has 0 amide bonds. The van der Waals surface area contributed by atoms with Crippen LogP contribution in [-0.2, 0) is 11.3 Å². The lowest BCUT2D eigenvalue weighted by Crippen LogP contribution is -2.16. The molecule has 0 unspecified atom stereocenters. The molecule has 1 aromatic rings. The van der Waals surface area contributed by atoms with Crippen LogP contribution in [0.1, 0.15) is 25.7 Å². The number of carboxylic acid groups (broad SMARTS) is 1. The molecule has 2 aliphatic rings. The zero-order valence-electron chi connectivity index (χ0n) is 9.37. The molecule has 1 aromatic heterocycles. The Morgan fingerprint density at radius 1 is 1.53 bits per heavy atom. The summed E-state index contributed by atoms with van der Waals surface area (Å²) in [6.45, 7) is 0.854. The second kappa shape index (κ2) is 3.97. The highest BCUT2D eigenvalue weighted by Crippen LogP contribution is 2.62. The summed E-state index contributed by atoms with van der Waals surface area (Å²) in [4.78, 5) is 10.5. The average Bonchev–Trinajstić information content (AvgIpc) is 3.15. The molecular formula is C10H14N4O2S. The summed E-state index contributed by atoms with van der Waals surface area (Å²) >= 11 is 1.19. The minimum atomic E-state index is -0.840. The maximum absolute atomic E-state index is 10.5. The highest BCUT2D eigenvalue weighted by molar-refractivity contribution is 7.99. The first-order valence-corrected chi connectivity index (χ1v) is 6.79. The molecule has 17 heavy (non-hydrogen) atoms. The number of thioether (sulfide) groups is 1. The average molecular weight is 254 g/mol. The van der Waals surface area contributed by atoms with Crippen molar-refractivity contribution in [3.05, 3.63) is 0 Å². The minimum Gasteiger partial charge on any atom is -0.481 e. The van der Waals surface area contributed by atoms with E-state index in [2.05, 4.69) is 15.5 Å². The largest absolute Gasteiger partial charge is 0.481 e. The van der Waals surface area contributed by atoms with Gasteiger partial charge in [-0.25, -0.2) is 4.68 Å². The maximum atomic E-state index is 10.5. The highest BCUT2D eigenvalue weighted by Gasteiger charge is 2.54. The predicted molar refractivity (Wildman–Crippen MR) is 60.6 cm³/mol. The van der Waals surface area contributed by atoms with Crippen molar-refractivity contribution in [2.45, 2.75) is 37.4 Å². The van der Waals surface area contributed by atoms with Crippen LogP contribution >= 0.6 is 11.8 Å². The molecular weight excluding hydrogens is 240 g/mol. The van der Waals surface area contributed by atoms with E-state index in [4.69, 9.17) is 5.11 Å². The zero-order chi connectivity index (χ0) is 11.9. The first-order chi connectivity index (χ1) is 8.20. The summed E-state index contributed by atoms with van der Waals surface area (Å²) in [6.07, 6.45) is 5.20. The molecule has 6 nitrogen and oxygen atoms in total. The fourth-order valence-electron chi connectivity index (χ4n) is 2.38. The summed E-state index contributed by atoms with van der Waals surface area (Å²) < 4.78 is 1.78. The number of hydrogen-bond acceptors (Lipinski definition) is 5. The number of carboxylic acids is 1. The molecule has 0 spiro atoms. The fraction of sp³-hybridized carbons (Fsp3) is 0.800. The summed E-state index contributed by atoms with van der Waals surface area (Å²) in [5.41, 5.74) is 0.425. The van der Waals surface area contributed by atoms with E-state index in [0.29, 0.717) is 10.6 Å². The summed E-state index contributed by atoms with van der Waals surface area (Å²) in [7, 11) is 0. The molecule has 92 valence electrons. The van der Waals surface area contributed by atoms with Crippen LogP contribution in [0.15, 0.2) is 5.16 Å². The minimum absolute atomic E-state index is 0.0107. The molecule has 0 aromatic carbocycles. The van der Waals surface area contributed by atoms with Crippen LogP contribution in [0.3, 0.4) is 0 Å². The molecule has 2 fully saturated rings. The second-order valence-corrected chi connectivity index (χ2v) is 5.88. The Morgan fingerprint density at radius 3 is 2.88 bits per heavy atom. The summed E-state index contributed by atoms with van der Waals surface area (Å²) in [6, 6.07) is 0. The first-order valence-electron chi connectivity index (χ1n) is 5.80. The lowest BCUT2D eigenvalue weighted by Gasteiger charge is -2.13. The van der Waals surface area contributed by atoms with Gasteiger partial charge in [0.25, 0.3) is 0 Å². The van der Waals surface area contributed by atoms with Crippen molar-refractivity contribution in [3.8, 4) is 0 Å². The Balaban J connectivity index is 1.66. The molecule has 1 N–H and O–H groups in total. The maximum Gasteiger partial charge on any atom is 0.313 e. The van der Waals surface area contributed by atoms with Crippen molar-refractivity contribution in [1.29, 1.82) is 0 Å². The molecule has 2 aliphatic carbocycles. The van der Waals surface area contributed by atoms with Crippen molar-refractivity contribution in [3.63, 3.8) is 0 Å². The van der Waals surface area contributed by atoms with Crippen LogP contribution in [0.4, 0.5) is 0 Å². The predicted octanol–water partition coefficient (Wildman–Crippen LogP) is 1.04. The number of rotatable bonds is 6. The number of carbonyl (C=O) groups is 1.